The monoisotopic (exact) mass is 235 g/mol. The van der Waals surface area contributed by atoms with Crippen LogP contribution in [0.1, 0.15) is 18.1 Å². The molecule has 0 atom stereocenters. The molecule has 4 heteroatoms. The van der Waals surface area contributed by atoms with Crippen LogP contribution < -0.4 is 9.64 Å². The maximum absolute atomic E-state index is 11.6. The summed E-state index contributed by atoms with van der Waals surface area (Å²) in [6, 6.07) is 3.57. The second-order valence-corrected chi connectivity index (χ2v) is 3.96. The summed E-state index contributed by atoms with van der Waals surface area (Å²) in [6.07, 6.45) is 0. The molecular weight excluding hydrogens is 218 g/mol. The highest BCUT2D eigenvalue weighted by molar-refractivity contribution is 6.40. The van der Waals surface area contributed by atoms with Gasteiger partial charge in [-0.1, -0.05) is 0 Å². The number of amides is 1. The number of likely N-dealkylation sites (N-methyl/N-ethyl adjacent to an activating group) is 1. The Morgan fingerprint density at radius 1 is 1.18 bits per heavy atom. The lowest BCUT2D eigenvalue weighted by Crippen LogP contribution is -2.32. The second kappa shape index (κ2) is 4.99. The number of benzene rings is 1. The van der Waals surface area contributed by atoms with Crippen molar-refractivity contribution < 1.29 is 14.3 Å². The largest absolute Gasteiger partial charge is 0.496 e. The molecular formula is C13H17NO3. The third kappa shape index (κ3) is 2.46. The second-order valence-electron chi connectivity index (χ2n) is 3.96. The lowest BCUT2D eigenvalue weighted by molar-refractivity contribution is -0.134. The predicted octanol–water partition coefficient (Wildman–Crippen LogP) is 1.86. The van der Waals surface area contributed by atoms with E-state index >= 15 is 0 Å². The zero-order valence-electron chi connectivity index (χ0n) is 10.8. The van der Waals surface area contributed by atoms with Gasteiger partial charge < -0.3 is 9.64 Å². The number of methoxy groups -OCH3 is 1. The summed E-state index contributed by atoms with van der Waals surface area (Å²) in [5.41, 5.74) is 2.62. The molecule has 1 amide bonds. The van der Waals surface area contributed by atoms with Gasteiger partial charge in [0.05, 0.1) is 7.11 Å². The molecule has 17 heavy (non-hydrogen) atoms. The molecule has 0 aliphatic rings. The molecule has 1 rings (SSSR count). The normalized spacial score (nSPS) is 9.94. The number of hydrogen-bond acceptors (Lipinski definition) is 3. The van der Waals surface area contributed by atoms with Crippen LogP contribution in [0.3, 0.4) is 0 Å². The molecule has 0 bridgehead atoms. The van der Waals surface area contributed by atoms with E-state index in [-0.39, 0.29) is 0 Å². The van der Waals surface area contributed by atoms with Gasteiger partial charge in [-0.2, -0.15) is 0 Å². The predicted molar refractivity (Wildman–Crippen MR) is 66.6 cm³/mol. The highest BCUT2D eigenvalue weighted by Crippen LogP contribution is 2.29. The first-order valence-electron chi connectivity index (χ1n) is 5.33. The van der Waals surface area contributed by atoms with Gasteiger partial charge in [-0.05, 0) is 37.1 Å². The van der Waals surface area contributed by atoms with Crippen LogP contribution in [0.5, 0.6) is 5.75 Å². The Bertz CT molecular complexity index is 466. The first-order chi connectivity index (χ1) is 7.90. The molecule has 92 valence electrons. The Hall–Kier alpha value is -1.84. The zero-order valence-corrected chi connectivity index (χ0v) is 10.8. The van der Waals surface area contributed by atoms with Crippen molar-refractivity contribution in [2.45, 2.75) is 20.8 Å². The minimum atomic E-state index is -0.516. The Morgan fingerprint density at radius 3 is 2.24 bits per heavy atom. The lowest BCUT2D eigenvalue weighted by Gasteiger charge is -2.20. The number of nitrogens with zero attached hydrogens (tertiary/aromatic N) is 1. The quantitative estimate of drug-likeness (QED) is 0.751. The van der Waals surface area contributed by atoms with Gasteiger partial charge >= 0.3 is 0 Å². The average molecular weight is 235 g/mol. The van der Waals surface area contributed by atoms with Crippen molar-refractivity contribution in [3.8, 4) is 5.75 Å². The minimum Gasteiger partial charge on any atom is -0.496 e. The number of Topliss-reactive ketones (excluding diaryl/α,β-unsaturated/α-hetero) is 1. The van der Waals surface area contributed by atoms with Crippen LogP contribution in [0, 0.1) is 13.8 Å². The fourth-order valence-corrected chi connectivity index (χ4v) is 1.71. The van der Waals surface area contributed by atoms with Crippen molar-refractivity contribution in [2.75, 3.05) is 19.1 Å². The molecule has 1 aromatic carbocycles. The Labute approximate surface area is 101 Å². The molecule has 0 unspecified atom stereocenters. The van der Waals surface area contributed by atoms with Gasteiger partial charge in [-0.15, -0.1) is 0 Å². The van der Waals surface area contributed by atoms with Gasteiger partial charge in [0, 0.05) is 19.7 Å². The van der Waals surface area contributed by atoms with Crippen LogP contribution in [0.15, 0.2) is 12.1 Å². The third-order valence-electron chi connectivity index (χ3n) is 2.90. The van der Waals surface area contributed by atoms with Crippen LogP contribution in [0.25, 0.3) is 0 Å². The number of hydrogen-bond donors (Lipinski definition) is 0. The van der Waals surface area contributed by atoms with E-state index in [1.807, 2.05) is 13.8 Å². The van der Waals surface area contributed by atoms with Gasteiger partial charge in [0.15, 0.2) is 0 Å². The smallest absolute Gasteiger partial charge is 0.293 e. The summed E-state index contributed by atoms with van der Waals surface area (Å²) in [5, 5.41) is 0. The van der Waals surface area contributed by atoms with E-state index in [9.17, 15) is 9.59 Å². The van der Waals surface area contributed by atoms with Gasteiger partial charge in [-0.3, -0.25) is 9.59 Å². The number of anilines is 1. The maximum atomic E-state index is 11.6. The van der Waals surface area contributed by atoms with E-state index in [1.54, 1.807) is 26.3 Å². The molecule has 0 N–H and O–H groups in total. The van der Waals surface area contributed by atoms with E-state index in [2.05, 4.69) is 0 Å². The van der Waals surface area contributed by atoms with Crippen LogP contribution in [-0.4, -0.2) is 25.8 Å². The molecule has 0 saturated carbocycles. The number of carbonyl (C=O) groups excluding carboxylic acids is 2. The van der Waals surface area contributed by atoms with Crippen LogP contribution in [-0.2, 0) is 9.59 Å². The molecule has 0 heterocycles. The molecule has 0 aliphatic carbocycles. The highest BCUT2D eigenvalue weighted by Gasteiger charge is 2.18. The molecule has 1 aromatic rings. The summed E-state index contributed by atoms with van der Waals surface area (Å²) < 4.78 is 5.20. The maximum Gasteiger partial charge on any atom is 0.293 e. The summed E-state index contributed by atoms with van der Waals surface area (Å²) in [5.74, 6) is -0.215. The minimum absolute atomic E-state index is 0.472. The van der Waals surface area contributed by atoms with E-state index < -0.39 is 11.7 Å². The van der Waals surface area contributed by atoms with Crippen molar-refractivity contribution in [1.29, 1.82) is 0 Å². The van der Waals surface area contributed by atoms with Crippen molar-refractivity contribution >= 4 is 17.4 Å². The van der Waals surface area contributed by atoms with Crippen molar-refractivity contribution in [3.05, 3.63) is 23.3 Å². The standard InChI is InChI=1S/C13H17NO3/c1-8-9(2)12(17-5)7-6-11(8)14(4)13(16)10(3)15/h6-7H,1-5H3. The van der Waals surface area contributed by atoms with Gasteiger partial charge in [-0.25, -0.2) is 0 Å². The Balaban J connectivity index is 3.20. The topological polar surface area (TPSA) is 46.6 Å². The molecule has 4 nitrogen and oxygen atoms in total. The van der Waals surface area contributed by atoms with Gasteiger partial charge in [0.2, 0.25) is 5.78 Å². The molecule has 0 aliphatic heterocycles. The fraction of sp³-hybridized carbons (Fsp3) is 0.385. The van der Waals surface area contributed by atoms with Crippen LogP contribution >= 0.6 is 0 Å². The Kier molecular flexibility index (Phi) is 3.89. The molecule has 0 saturated heterocycles. The van der Waals surface area contributed by atoms with Crippen LogP contribution in [0.4, 0.5) is 5.69 Å². The lowest BCUT2D eigenvalue weighted by atomic mass is 10.1. The van der Waals surface area contributed by atoms with Crippen molar-refractivity contribution in [3.63, 3.8) is 0 Å². The summed E-state index contributed by atoms with van der Waals surface area (Å²) in [6.45, 7) is 5.09. The van der Waals surface area contributed by atoms with Crippen molar-refractivity contribution in [2.24, 2.45) is 0 Å². The molecule has 0 radical (unpaired) electrons. The number of carbonyl (C=O) groups is 2. The molecule has 0 fully saturated rings. The van der Waals surface area contributed by atoms with Crippen molar-refractivity contribution in [1.82, 2.24) is 0 Å². The number of ketones is 1. The van der Waals surface area contributed by atoms with Gasteiger partial charge in [0.1, 0.15) is 5.75 Å². The first-order valence-corrected chi connectivity index (χ1v) is 5.33. The fourth-order valence-electron chi connectivity index (χ4n) is 1.71. The number of ether oxygens (including phenoxy) is 1. The molecule has 0 aromatic heterocycles. The SMILES string of the molecule is COc1ccc(N(C)C(=O)C(C)=O)c(C)c1C. The van der Waals surface area contributed by atoms with E-state index in [1.165, 1.54) is 11.8 Å². The van der Waals surface area contributed by atoms with Gasteiger partial charge in [0.25, 0.3) is 5.91 Å². The summed E-state index contributed by atoms with van der Waals surface area (Å²) >= 11 is 0. The average Bonchev–Trinajstić information content (AvgIpc) is 2.30. The zero-order chi connectivity index (χ0) is 13.2. The summed E-state index contributed by atoms with van der Waals surface area (Å²) in [7, 11) is 3.20. The van der Waals surface area contributed by atoms with E-state index in [0.717, 1.165) is 22.6 Å². The third-order valence-corrected chi connectivity index (χ3v) is 2.90. The number of rotatable bonds is 3. The van der Waals surface area contributed by atoms with E-state index in [4.69, 9.17) is 4.74 Å². The first kappa shape index (κ1) is 13.2. The van der Waals surface area contributed by atoms with E-state index in [0.29, 0.717) is 0 Å². The van der Waals surface area contributed by atoms with Crippen LogP contribution in [0.2, 0.25) is 0 Å². The summed E-state index contributed by atoms with van der Waals surface area (Å²) in [4.78, 5) is 24.0. The highest BCUT2D eigenvalue weighted by atomic mass is 16.5. The molecule has 0 spiro atoms. The Morgan fingerprint density at radius 2 is 1.76 bits per heavy atom.